The van der Waals surface area contributed by atoms with Crippen molar-refractivity contribution >= 4 is 38.2 Å². The van der Waals surface area contributed by atoms with E-state index in [0.717, 1.165) is 5.56 Å². The SMILES string of the molecule is C[C@@H](Nc1c([N+](=O)[O-])cnc2cc(Br)c(OCC#N)cc12)c1ccccc1. The van der Waals surface area contributed by atoms with Gasteiger partial charge in [0.1, 0.15) is 23.7 Å². The van der Waals surface area contributed by atoms with Crippen molar-refractivity contribution in [2.45, 2.75) is 13.0 Å². The quantitative estimate of drug-likeness (QED) is 0.440. The molecular formula is C19H15BrN4O3. The summed E-state index contributed by atoms with van der Waals surface area (Å²) in [5, 5.41) is 24.1. The summed E-state index contributed by atoms with van der Waals surface area (Å²) in [6.07, 6.45) is 1.24. The molecule has 0 saturated carbocycles. The zero-order chi connectivity index (χ0) is 19.4. The maximum absolute atomic E-state index is 11.5. The number of aromatic nitrogens is 1. The smallest absolute Gasteiger partial charge is 0.311 e. The molecule has 27 heavy (non-hydrogen) atoms. The van der Waals surface area contributed by atoms with Gasteiger partial charge in [0.15, 0.2) is 6.61 Å². The van der Waals surface area contributed by atoms with Gasteiger partial charge in [0.2, 0.25) is 0 Å². The highest BCUT2D eigenvalue weighted by Gasteiger charge is 2.21. The van der Waals surface area contributed by atoms with E-state index < -0.39 is 4.92 Å². The number of nitro groups is 1. The highest BCUT2D eigenvalue weighted by atomic mass is 79.9. The molecule has 0 radical (unpaired) electrons. The van der Waals surface area contributed by atoms with Crippen LogP contribution in [0.3, 0.4) is 0 Å². The molecule has 0 spiro atoms. The molecule has 3 aromatic rings. The van der Waals surface area contributed by atoms with E-state index in [2.05, 4.69) is 26.2 Å². The molecule has 1 atom stereocenters. The minimum absolute atomic E-state index is 0.126. The Balaban J connectivity index is 2.13. The Kier molecular flexibility index (Phi) is 5.52. The van der Waals surface area contributed by atoms with Crippen LogP contribution in [-0.2, 0) is 0 Å². The molecule has 136 valence electrons. The van der Waals surface area contributed by atoms with Crippen molar-refractivity contribution in [2.75, 3.05) is 11.9 Å². The fourth-order valence-electron chi connectivity index (χ4n) is 2.74. The Morgan fingerprint density at radius 2 is 2.11 bits per heavy atom. The third kappa shape index (κ3) is 3.99. The van der Waals surface area contributed by atoms with Crippen molar-refractivity contribution in [3.63, 3.8) is 0 Å². The second kappa shape index (κ2) is 8.01. The predicted octanol–water partition coefficient (Wildman–Crippen LogP) is 4.98. The Morgan fingerprint density at radius 1 is 1.37 bits per heavy atom. The van der Waals surface area contributed by atoms with Crippen LogP contribution in [-0.4, -0.2) is 16.5 Å². The predicted molar refractivity (Wildman–Crippen MR) is 106 cm³/mol. The first kappa shape index (κ1) is 18.6. The van der Waals surface area contributed by atoms with E-state index in [9.17, 15) is 10.1 Å². The monoisotopic (exact) mass is 426 g/mol. The lowest BCUT2D eigenvalue weighted by molar-refractivity contribution is -0.384. The van der Waals surface area contributed by atoms with E-state index >= 15 is 0 Å². The molecule has 8 heteroatoms. The number of hydrogen-bond donors (Lipinski definition) is 1. The van der Waals surface area contributed by atoms with Crippen LogP contribution in [0, 0.1) is 21.4 Å². The molecule has 0 aliphatic rings. The van der Waals surface area contributed by atoms with E-state index in [1.807, 2.05) is 43.3 Å². The van der Waals surface area contributed by atoms with Crippen molar-refractivity contribution in [1.82, 2.24) is 4.98 Å². The second-order valence-electron chi connectivity index (χ2n) is 5.80. The first-order chi connectivity index (χ1) is 13.0. The Morgan fingerprint density at radius 3 is 2.78 bits per heavy atom. The number of hydrogen-bond acceptors (Lipinski definition) is 6. The summed E-state index contributed by atoms with van der Waals surface area (Å²) in [4.78, 5) is 15.3. The number of benzene rings is 2. The average Bonchev–Trinajstić information content (AvgIpc) is 2.67. The van der Waals surface area contributed by atoms with Crippen LogP contribution in [0.2, 0.25) is 0 Å². The number of pyridine rings is 1. The van der Waals surface area contributed by atoms with Gasteiger partial charge in [-0.3, -0.25) is 10.1 Å². The molecule has 0 aliphatic heterocycles. The lowest BCUT2D eigenvalue weighted by Gasteiger charge is -2.18. The highest BCUT2D eigenvalue weighted by Crippen LogP contribution is 2.38. The summed E-state index contributed by atoms with van der Waals surface area (Å²) >= 11 is 3.38. The molecule has 1 aromatic heterocycles. The maximum Gasteiger partial charge on any atom is 0.311 e. The van der Waals surface area contributed by atoms with Crippen LogP contribution in [0.1, 0.15) is 18.5 Å². The molecule has 1 N–H and O–H groups in total. The summed E-state index contributed by atoms with van der Waals surface area (Å²) in [6.45, 7) is 1.80. The normalized spacial score (nSPS) is 11.6. The van der Waals surface area contributed by atoms with Gasteiger partial charge in [-0.15, -0.1) is 0 Å². The molecule has 3 rings (SSSR count). The zero-order valence-corrected chi connectivity index (χ0v) is 15.9. The number of rotatable bonds is 6. The van der Waals surface area contributed by atoms with Crippen LogP contribution < -0.4 is 10.1 Å². The summed E-state index contributed by atoms with van der Waals surface area (Å²) in [7, 11) is 0. The number of halogens is 1. The van der Waals surface area contributed by atoms with Crippen LogP contribution in [0.15, 0.2) is 53.1 Å². The lowest BCUT2D eigenvalue weighted by Crippen LogP contribution is -2.09. The van der Waals surface area contributed by atoms with Crippen molar-refractivity contribution < 1.29 is 9.66 Å². The molecule has 2 aromatic carbocycles. The third-order valence-electron chi connectivity index (χ3n) is 4.05. The van der Waals surface area contributed by atoms with Crippen LogP contribution in [0.4, 0.5) is 11.4 Å². The van der Waals surface area contributed by atoms with E-state index in [4.69, 9.17) is 10.00 Å². The van der Waals surface area contributed by atoms with Gasteiger partial charge >= 0.3 is 5.69 Å². The van der Waals surface area contributed by atoms with E-state index in [0.29, 0.717) is 26.8 Å². The van der Waals surface area contributed by atoms with Gasteiger partial charge in [-0.2, -0.15) is 5.26 Å². The van der Waals surface area contributed by atoms with Crippen molar-refractivity contribution in [3.05, 3.63) is 68.8 Å². The highest BCUT2D eigenvalue weighted by molar-refractivity contribution is 9.10. The zero-order valence-electron chi connectivity index (χ0n) is 14.3. The summed E-state index contributed by atoms with van der Waals surface area (Å²) in [5.41, 5.74) is 1.80. The van der Waals surface area contributed by atoms with Crippen LogP contribution in [0.25, 0.3) is 10.9 Å². The van der Waals surface area contributed by atoms with Crippen molar-refractivity contribution in [2.24, 2.45) is 0 Å². The Labute approximate surface area is 163 Å². The number of nitrogens with one attached hydrogen (secondary N) is 1. The first-order valence-corrected chi connectivity index (χ1v) is 8.88. The standard InChI is InChI=1S/C19H15BrN4O3/c1-12(13-5-3-2-4-6-13)23-19-14-9-18(27-8-7-21)15(20)10-16(14)22-11-17(19)24(25)26/h2-6,9-12H,8H2,1H3,(H,22,23)/t12-/m1/s1. The average molecular weight is 427 g/mol. The third-order valence-corrected chi connectivity index (χ3v) is 4.67. The number of nitriles is 1. The fraction of sp³-hybridized carbons (Fsp3) is 0.158. The van der Waals surface area contributed by atoms with Crippen LogP contribution in [0.5, 0.6) is 5.75 Å². The van der Waals surface area contributed by atoms with Gasteiger partial charge in [0, 0.05) is 11.4 Å². The molecule has 0 saturated heterocycles. The van der Waals surface area contributed by atoms with Gasteiger partial charge in [0.05, 0.1) is 14.9 Å². The molecule has 0 unspecified atom stereocenters. The number of anilines is 1. The van der Waals surface area contributed by atoms with Gasteiger partial charge in [-0.25, -0.2) is 4.98 Å². The maximum atomic E-state index is 11.5. The molecule has 1 heterocycles. The van der Waals surface area contributed by atoms with E-state index in [1.54, 1.807) is 12.1 Å². The fourth-order valence-corrected chi connectivity index (χ4v) is 3.18. The molecule has 7 nitrogen and oxygen atoms in total. The minimum atomic E-state index is -0.468. The summed E-state index contributed by atoms with van der Waals surface area (Å²) in [6, 6.07) is 14.7. The second-order valence-corrected chi connectivity index (χ2v) is 6.65. The van der Waals surface area contributed by atoms with Crippen molar-refractivity contribution in [3.8, 4) is 11.8 Å². The summed E-state index contributed by atoms with van der Waals surface area (Å²) in [5.74, 6) is 0.418. The van der Waals surface area contributed by atoms with E-state index in [1.165, 1.54) is 6.20 Å². The van der Waals surface area contributed by atoms with E-state index in [-0.39, 0.29) is 18.3 Å². The number of ether oxygens (including phenoxy) is 1. The first-order valence-electron chi connectivity index (χ1n) is 8.09. The number of nitrogens with zero attached hydrogens (tertiary/aromatic N) is 3. The Hall–Kier alpha value is -3.18. The van der Waals surface area contributed by atoms with Crippen molar-refractivity contribution in [1.29, 1.82) is 5.26 Å². The topological polar surface area (TPSA) is 101 Å². The molecule has 0 aliphatic carbocycles. The molecular weight excluding hydrogens is 412 g/mol. The summed E-state index contributed by atoms with van der Waals surface area (Å²) < 4.78 is 6.02. The molecule has 0 amide bonds. The lowest BCUT2D eigenvalue weighted by atomic mass is 10.1. The van der Waals surface area contributed by atoms with Gasteiger partial charge < -0.3 is 10.1 Å². The van der Waals surface area contributed by atoms with Gasteiger partial charge in [-0.05, 0) is 40.5 Å². The van der Waals surface area contributed by atoms with Gasteiger partial charge in [-0.1, -0.05) is 30.3 Å². The van der Waals surface area contributed by atoms with Gasteiger partial charge in [0.25, 0.3) is 0 Å². The number of fused-ring (bicyclic) bond motifs is 1. The largest absolute Gasteiger partial charge is 0.478 e. The molecule has 0 fully saturated rings. The van der Waals surface area contributed by atoms with Crippen LogP contribution >= 0.6 is 15.9 Å². The molecule has 0 bridgehead atoms. The Bertz CT molecular complexity index is 1030. The minimum Gasteiger partial charge on any atom is -0.478 e.